The van der Waals surface area contributed by atoms with Gasteiger partial charge >= 0.3 is 5.97 Å². The predicted molar refractivity (Wildman–Crippen MR) is 191 cm³/mol. The maximum Gasteiger partial charge on any atom is 0.333 e. The number of nitrogens with two attached hydrogens (primary N) is 2. The van der Waals surface area contributed by atoms with Gasteiger partial charge in [0, 0.05) is 12.8 Å². The number of carbonyl (C=O) groups excluding carboxylic acids is 2. The molecule has 5 N–H and O–H groups in total. The third-order valence-electron chi connectivity index (χ3n) is 9.00. The lowest BCUT2D eigenvalue weighted by Crippen LogP contribution is -2.68. The molecule has 2 unspecified atom stereocenters. The van der Waals surface area contributed by atoms with Gasteiger partial charge in [-0.25, -0.2) is 4.79 Å². The number of carboxylic acid groups (broad SMARTS) is 1. The molecule has 0 radical (unpaired) electrons. The number of hydrogen-bond acceptors (Lipinski definition) is 5. The average Bonchev–Trinajstić information content (AvgIpc) is 3.03. The van der Waals surface area contributed by atoms with Crippen molar-refractivity contribution < 1.29 is 19.5 Å². The lowest BCUT2D eigenvalue weighted by molar-refractivity contribution is -0.151. The fourth-order valence-electron chi connectivity index (χ4n) is 5.77. The molecule has 6 nitrogen and oxygen atoms in total. The molecule has 45 heavy (non-hydrogen) atoms. The molecular formula is C39H72N2O4. The van der Waals surface area contributed by atoms with Crippen LogP contribution in [-0.2, 0) is 14.4 Å². The lowest BCUT2D eigenvalue weighted by Gasteiger charge is -2.28. The van der Waals surface area contributed by atoms with E-state index < -0.39 is 29.1 Å². The SMILES string of the molecule is CCCCCCCCC=CCCCCCCCC(=O)C(N)C(N)(C(=O)O)C(=O)CCCCCCCC=CCCCCCCCC. The summed E-state index contributed by atoms with van der Waals surface area (Å²) in [5.41, 5.74) is 9.71. The Morgan fingerprint density at radius 3 is 1.20 bits per heavy atom. The molecule has 0 bridgehead atoms. The van der Waals surface area contributed by atoms with Crippen molar-refractivity contribution in [3.8, 4) is 0 Å². The zero-order valence-corrected chi connectivity index (χ0v) is 29.5. The minimum absolute atomic E-state index is 0.0370. The monoisotopic (exact) mass is 633 g/mol. The fourth-order valence-corrected chi connectivity index (χ4v) is 5.77. The van der Waals surface area contributed by atoms with E-state index in [0.29, 0.717) is 12.8 Å². The van der Waals surface area contributed by atoms with E-state index in [2.05, 4.69) is 38.2 Å². The van der Waals surface area contributed by atoms with Gasteiger partial charge < -0.3 is 16.6 Å². The maximum absolute atomic E-state index is 12.8. The molecule has 6 heteroatoms. The highest BCUT2D eigenvalue weighted by atomic mass is 16.4. The maximum atomic E-state index is 12.8. The normalized spacial score (nSPS) is 13.9. The van der Waals surface area contributed by atoms with Crippen LogP contribution in [-0.4, -0.2) is 34.2 Å². The first-order valence-corrected chi connectivity index (χ1v) is 19.0. The molecule has 0 aliphatic rings. The standard InChI is InChI=1S/C39H72N2O4/c1-3-5-7-9-11-13-15-17-19-21-23-25-27-29-31-33-35(42)37(40)39(41,38(44)45)36(43)34-32-30-28-26-24-22-20-18-16-14-12-10-8-6-4-2/h17-20,37H,3-16,21-34,40-41H2,1-2H3,(H,44,45). The number of hydrogen-bond donors (Lipinski definition) is 3. The molecule has 2 atom stereocenters. The highest BCUT2D eigenvalue weighted by molar-refractivity contribution is 6.12. The number of Topliss-reactive ketones (excluding diaryl/α,β-unsaturated/α-hetero) is 2. The summed E-state index contributed by atoms with van der Waals surface area (Å²) in [6.45, 7) is 4.49. The van der Waals surface area contributed by atoms with E-state index in [9.17, 15) is 19.5 Å². The molecule has 0 saturated carbocycles. The number of rotatable bonds is 34. The second kappa shape index (κ2) is 30.8. The zero-order chi connectivity index (χ0) is 33.4. The van der Waals surface area contributed by atoms with Crippen molar-refractivity contribution >= 4 is 17.5 Å². The number of unbranched alkanes of at least 4 members (excludes halogenated alkanes) is 22. The van der Waals surface area contributed by atoms with Gasteiger partial charge in [-0.05, 0) is 64.2 Å². The van der Waals surface area contributed by atoms with Crippen molar-refractivity contribution in [1.82, 2.24) is 0 Å². The Morgan fingerprint density at radius 2 is 0.844 bits per heavy atom. The summed E-state index contributed by atoms with van der Waals surface area (Å²) in [6.07, 6.45) is 39.2. The van der Waals surface area contributed by atoms with Crippen LogP contribution in [0.2, 0.25) is 0 Å². The van der Waals surface area contributed by atoms with Crippen LogP contribution in [0.25, 0.3) is 0 Å². The highest BCUT2D eigenvalue weighted by Gasteiger charge is 2.49. The number of ketones is 2. The molecule has 0 saturated heterocycles. The molecule has 0 aromatic carbocycles. The Morgan fingerprint density at radius 1 is 0.533 bits per heavy atom. The van der Waals surface area contributed by atoms with Gasteiger partial charge in [0.2, 0.25) is 0 Å². The summed E-state index contributed by atoms with van der Waals surface area (Å²) in [6, 6.07) is -1.51. The summed E-state index contributed by atoms with van der Waals surface area (Å²) in [5.74, 6) is -2.58. The Labute approximate surface area is 277 Å². The number of aliphatic carboxylic acids is 1. The quantitative estimate of drug-likeness (QED) is 0.0368. The predicted octanol–water partition coefficient (Wildman–Crippen LogP) is 10.3. The third-order valence-corrected chi connectivity index (χ3v) is 9.00. The minimum Gasteiger partial charge on any atom is -0.479 e. The summed E-state index contributed by atoms with van der Waals surface area (Å²) < 4.78 is 0. The molecule has 0 aliphatic carbocycles. The smallest absolute Gasteiger partial charge is 0.333 e. The van der Waals surface area contributed by atoms with Gasteiger partial charge in [0.15, 0.2) is 17.1 Å². The van der Waals surface area contributed by atoms with Gasteiger partial charge in [-0.3, -0.25) is 9.59 Å². The Hall–Kier alpha value is -1.79. The summed E-state index contributed by atoms with van der Waals surface area (Å²) >= 11 is 0. The van der Waals surface area contributed by atoms with Crippen molar-refractivity contribution in [2.75, 3.05) is 0 Å². The second-order valence-corrected chi connectivity index (χ2v) is 13.2. The minimum atomic E-state index is -2.35. The Kier molecular flexibility index (Phi) is 29.6. The van der Waals surface area contributed by atoms with E-state index >= 15 is 0 Å². The van der Waals surface area contributed by atoms with Gasteiger partial charge in [0.25, 0.3) is 0 Å². The van der Waals surface area contributed by atoms with Crippen molar-refractivity contribution in [2.45, 2.75) is 205 Å². The molecule has 0 fully saturated rings. The van der Waals surface area contributed by atoms with Crippen LogP contribution in [0.1, 0.15) is 194 Å². The van der Waals surface area contributed by atoms with Gasteiger partial charge in [0.1, 0.15) is 6.04 Å². The zero-order valence-electron chi connectivity index (χ0n) is 29.5. The van der Waals surface area contributed by atoms with Crippen molar-refractivity contribution in [3.05, 3.63) is 24.3 Å². The average molecular weight is 633 g/mol. The van der Waals surface area contributed by atoms with Crippen LogP contribution in [0.3, 0.4) is 0 Å². The molecule has 0 rings (SSSR count). The topological polar surface area (TPSA) is 123 Å². The molecule has 0 aliphatic heterocycles. The highest BCUT2D eigenvalue weighted by Crippen LogP contribution is 2.18. The molecule has 0 heterocycles. The largest absolute Gasteiger partial charge is 0.479 e. The van der Waals surface area contributed by atoms with E-state index in [-0.39, 0.29) is 12.8 Å². The number of carbonyl (C=O) groups is 3. The summed E-state index contributed by atoms with van der Waals surface area (Å²) in [5, 5.41) is 9.76. The molecule has 0 aromatic rings. The number of carboxylic acids is 1. The molecule has 262 valence electrons. The van der Waals surface area contributed by atoms with Crippen LogP contribution in [0.5, 0.6) is 0 Å². The van der Waals surface area contributed by atoms with E-state index in [1.807, 2.05) is 0 Å². The summed E-state index contributed by atoms with van der Waals surface area (Å²) in [4.78, 5) is 37.5. The number of allylic oxidation sites excluding steroid dienone is 4. The fraction of sp³-hybridized carbons (Fsp3) is 0.821. The molecular weight excluding hydrogens is 560 g/mol. The van der Waals surface area contributed by atoms with Crippen LogP contribution in [0.15, 0.2) is 24.3 Å². The Balaban J connectivity index is 4.03. The molecule has 0 spiro atoms. The molecule has 0 aromatic heterocycles. The van der Waals surface area contributed by atoms with Gasteiger partial charge in [0.05, 0.1) is 0 Å². The van der Waals surface area contributed by atoms with Gasteiger partial charge in [-0.15, -0.1) is 0 Å². The van der Waals surface area contributed by atoms with Crippen molar-refractivity contribution in [1.29, 1.82) is 0 Å². The van der Waals surface area contributed by atoms with Gasteiger partial charge in [-0.2, -0.15) is 0 Å². The van der Waals surface area contributed by atoms with E-state index in [1.54, 1.807) is 0 Å². The molecule has 0 amide bonds. The van der Waals surface area contributed by atoms with Crippen LogP contribution >= 0.6 is 0 Å². The van der Waals surface area contributed by atoms with Crippen LogP contribution in [0.4, 0.5) is 0 Å². The first-order valence-electron chi connectivity index (χ1n) is 19.0. The van der Waals surface area contributed by atoms with Crippen LogP contribution < -0.4 is 11.5 Å². The Bertz CT molecular complexity index is 794. The first kappa shape index (κ1) is 43.2. The summed E-state index contributed by atoms with van der Waals surface area (Å²) in [7, 11) is 0. The van der Waals surface area contributed by atoms with Crippen molar-refractivity contribution in [3.63, 3.8) is 0 Å². The first-order chi connectivity index (χ1) is 21.8. The van der Waals surface area contributed by atoms with E-state index in [1.165, 1.54) is 89.9 Å². The van der Waals surface area contributed by atoms with Crippen molar-refractivity contribution in [2.24, 2.45) is 11.5 Å². The second-order valence-electron chi connectivity index (χ2n) is 13.2. The van der Waals surface area contributed by atoms with E-state index in [0.717, 1.165) is 64.2 Å². The van der Waals surface area contributed by atoms with Crippen LogP contribution in [0, 0.1) is 0 Å². The van der Waals surface area contributed by atoms with E-state index in [4.69, 9.17) is 11.5 Å². The lowest BCUT2D eigenvalue weighted by atomic mass is 9.81. The van der Waals surface area contributed by atoms with Gasteiger partial charge in [-0.1, -0.05) is 141 Å². The third kappa shape index (κ3) is 23.2.